The van der Waals surface area contributed by atoms with E-state index < -0.39 is 17.5 Å². The van der Waals surface area contributed by atoms with Gasteiger partial charge in [0.1, 0.15) is 11.4 Å². The average molecular weight is 441 g/mol. The molecule has 2 aromatic rings. The third kappa shape index (κ3) is 3.89. The molecule has 0 saturated carbocycles. The summed E-state index contributed by atoms with van der Waals surface area (Å²) in [4.78, 5) is 14.5. The van der Waals surface area contributed by atoms with E-state index in [9.17, 15) is 9.18 Å². The molecule has 3 rings (SSSR count). The van der Waals surface area contributed by atoms with E-state index >= 15 is 0 Å². The maximum Gasteiger partial charge on any atom is 0.415 e. The van der Waals surface area contributed by atoms with E-state index in [1.54, 1.807) is 12.1 Å². The van der Waals surface area contributed by atoms with E-state index in [0.717, 1.165) is 11.1 Å². The second kappa shape index (κ2) is 7.20. The first-order valence-corrected chi connectivity index (χ1v) is 9.59. The van der Waals surface area contributed by atoms with Crippen LogP contribution in [0.1, 0.15) is 44.4 Å². The summed E-state index contributed by atoms with van der Waals surface area (Å²) in [5, 5.41) is 0.576. The number of amides is 1. The Labute approximate surface area is 166 Å². The molecule has 1 atom stereocenters. The topological polar surface area (TPSA) is 29.5 Å². The van der Waals surface area contributed by atoms with E-state index in [4.69, 9.17) is 16.3 Å². The van der Waals surface area contributed by atoms with E-state index in [2.05, 4.69) is 15.9 Å². The maximum absolute atomic E-state index is 14.2. The summed E-state index contributed by atoms with van der Waals surface area (Å²) in [6.07, 6.45) is 0.877. The average Bonchev–Trinajstić information content (AvgIpc) is 2.54. The zero-order valence-electron chi connectivity index (χ0n) is 14.9. The summed E-state index contributed by atoms with van der Waals surface area (Å²) in [6, 6.07) is 10.2. The standard InChI is InChI=1S/C20H20BrClFNO2/c1-20(2,3)26-19(25)24-17(13-6-4-5-7-15(13)22)9-8-12-10-14(21)16(23)11-18(12)24/h4-7,10-11,17H,8-9H2,1-3H3. The molecule has 0 fully saturated rings. The number of ether oxygens (including phenoxy) is 1. The van der Waals surface area contributed by atoms with Crippen LogP contribution in [0.3, 0.4) is 0 Å². The van der Waals surface area contributed by atoms with Crippen molar-refractivity contribution in [3.8, 4) is 0 Å². The van der Waals surface area contributed by atoms with Gasteiger partial charge in [-0.25, -0.2) is 9.18 Å². The van der Waals surface area contributed by atoms with Gasteiger partial charge >= 0.3 is 6.09 Å². The van der Waals surface area contributed by atoms with Gasteiger partial charge in [-0.1, -0.05) is 29.8 Å². The number of aryl methyl sites for hydroxylation is 1. The highest BCUT2D eigenvalue weighted by molar-refractivity contribution is 9.10. The number of rotatable bonds is 1. The molecule has 0 saturated heterocycles. The highest BCUT2D eigenvalue weighted by atomic mass is 79.9. The van der Waals surface area contributed by atoms with Crippen LogP contribution in [-0.4, -0.2) is 11.7 Å². The minimum absolute atomic E-state index is 0.313. The molecule has 3 nitrogen and oxygen atoms in total. The van der Waals surface area contributed by atoms with Crippen LogP contribution >= 0.6 is 27.5 Å². The van der Waals surface area contributed by atoms with Gasteiger partial charge in [-0.3, -0.25) is 4.90 Å². The highest BCUT2D eigenvalue weighted by Crippen LogP contribution is 2.43. The summed E-state index contributed by atoms with van der Waals surface area (Å²) in [5.74, 6) is -0.419. The Balaban J connectivity index is 2.11. The van der Waals surface area contributed by atoms with Gasteiger partial charge in [-0.15, -0.1) is 0 Å². The van der Waals surface area contributed by atoms with Crippen LogP contribution in [0.5, 0.6) is 0 Å². The Morgan fingerprint density at radius 1 is 1.31 bits per heavy atom. The largest absolute Gasteiger partial charge is 0.443 e. The van der Waals surface area contributed by atoms with Crippen molar-refractivity contribution in [2.75, 3.05) is 4.90 Å². The van der Waals surface area contributed by atoms with Crippen LogP contribution in [0.4, 0.5) is 14.9 Å². The van der Waals surface area contributed by atoms with Crippen LogP contribution in [0.25, 0.3) is 0 Å². The predicted molar refractivity (Wildman–Crippen MR) is 105 cm³/mol. The molecule has 1 aliphatic rings. The number of benzene rings is 2. The van der Waals surface area contributed by atoms with Crippen molar-refractivity contribution >= 4 is 39.3 Å². The molecule has 1 aliphatic heterocycles. The van der Waals surface area contributed by atoms with Crippen molar-refractivity contribution in [1.82, 2.24) is 0 Å². The normalized spacial score (nSPS) is 17.0. The van der Waals surface area contributed by atoms with E-state index in [1.807, 2.05) is 39.0 Å². The first-order valence-electron chi connectivity index (χ1n) is 8.42. The van der Waals surface area contributed by atoms with Crippen LogP contribution < -0.4 is 4.90 Å². The molecule has 0 aromatic heterocycles. The number of hydrogen-bond donors (Lipinski definition) is 0. The monoisotopic (exact) mass is 439 g/mol. The summed E-state index contributed by atoms with van der Waals surface area (Å²) < 4.78 is 20.2. The van der Waals surface area contributed by atoms with Gasteiger partial charge in [0.15, 0.2) is 0 Å². The van der Waals surface area contributed by atoms with Crippen molar-refractivity contribution in [3.63, 3.8) is 0 Å². The van der Waals surface area contributed by atoms with Crippen LogP contribution in [0.15, 0.2) is 40.9 Å². The lowest BCUT2D eigenvalue weighted by atomic mass is 9.91. The third-order valence-electron chi connectivity index (χ3n) is 4.23. The number of carbonyl (C=O) groups excluding carboxylic acids is 1. The Morgan fingerprint density at radius 3 is 2.65 bits per heavy atom. The quantitative estimate of drug-likeness (QED) is 0.495. The van der Waals surface area contributed by atoms with Gasteiger partial charge in [0.05, 0.1) is 16.2 Å². The fraction of sp³-hybridized carbons (Fsp3) is 0.350. The summed E-state index contributed by atoms with van der Waals surface area (Å²) in [5.41, 5.74) is 1.59. The van der Waals surface area contributed by atoms with E-state index in [1.165, 1.54) is 11.0 Å². The van der Waals surface area contributed by atoms with Crippen molar-refractivity contribution in [2.24, 2.45) is 0 Å². The molecule has 2 aromatic carbocycles. The van der Waals surface area contributed by atoms with Crippen LogP contribution in [0.2, 0.25) is 5.02 Å². The molecule has 6 heteroatoms. The Bertz CT molecular complexity index is 850. The molecule has 0 radical (unpaired) electrons. The lowest BCUT2D eigenvalue weighted by molar-refractivity contribution is 0.0560. The molecule has 1 heterocycles. The number of carbonyl (C=O) groups is 1. The van der Waals surface area contributed by atoms with E-state index in [0.29, 0.717) is 28.0 Å². The molecule has 0 aliphatic carbocycles. The van der Waals surface area contributed by atoms with Crippen molar-refractivity contribution < 1.29 is 13.9 Å². The number of anilines is 1. The van der Waals surface area contributed by atoms with E-state index in [-0.39, 0.29) is 6.04 Å². The van der Waals surface area contributed by atoms with Crippen LogP contribution in [0, 0.1) is 5.82 Å². The maximum atomic E-state index is 14.2. The SMILES string of the molecule is CC(C)(C)OC(=O)N1c2cc(F)c(Br)cc2CCC1c1ccccc1Cl. The minimum atomic E-state index is -0.659. The lowest BCUT2D eigenvalue weighted by Gasteiger charge is -2.38. The molecule has 0 N–H and O–H groups in total. The van der Waals surface area contributed by atoms with Crippen molar-refractivity contribution in [2.45, 2.75) is 45.3 Å². The van der Waals surface area contributed by atoms with Gasteiger partial charge in [0.2, 0.25) is 0 Å². The van der Waals surface area contributed by atoms with Crippen LogP contribution in [-0.2, 0) is 11.2 Å². The van der Waals surface area contributed by atoms with Gasteiger partial charge < -0.3 is 4.74 Å². The van der Waals surface area contributed by atoms with Crippen molar-refractivity contribution in [3.05, 3.63) is 62.8 Å². The molecule has 0 spiro atoms. The zero-order chi connectivity index (χ0) is 19.1. The second-order valence-corrected chi connectivity index (χ2v) is 8.58. The fourth-order valence-corrected chi connectivity index (χ4v) is 3.82. The van der Waals surface area contributed by atoms with Gasteiger partial charge in [-0.05, 0) is 78.9 Å². The number of nitrogens with zero attached hydrogens (tertiary/aromatic N) is 1. The summed E-state index contributed by atoms with van der Waals surface area (Å²) in [7, 11) is 0. The highest BCUT2D eigenvalue weighted by Gasteiger charge is 2.36. The molecule has 0 bridgehead atoms. The first-order chi connectivity index (χ1) is 12.2. The Kier molecular flexibility index (Phi) is 5.31. The van der Waals surface area contributed by atoms with Crippen molar-refractivity contribution in [1.29, 1.82) is 0 Å². The number of fused-ring (bicyclic) bond motifs is 1. The van der Waals surface area contributed by atoms with Gasteiger partial charge in [-0.2, -0.15) is 0 Å². The smallest absolute Gasteiger partial charge is 0.415 e. The molecule has 1 amide bonds. The first kappa shape index (κ1) is 19.2. The fourth-order valence-electron chi connectivity index (χ4n) is 3.17. The zero-order valence-corrected chi connectivity index (χ0v) is 17.2. The lowest BCUT2D eigenvalue weighted by Crippen LogP contribution is -2.42. The Hall–Kier alpha value is -1.59. The minimum Gasteiger partial charge on any atom is -0.443 e. The second-order valence-electron chi connectivity index (χ2n) is 7.32. The molecule has 138 valence electrons. The number of halogens is 3. The predicted octanol–water partition coefficient (Wildman–Crippen LogP) is 6.67. The Morgan fingerprint density at radius 2 is 2.00 bits per heavy atom. The summed E-state index contributed by atoms with van der Waals surface area (Å²) in [6.45, 7) is 5.42. The van der Waals surface area contributed by atoms with Gasteiger partial charge in [0.25, 0.3) is 0 Å². The molecular weight excluding hydrogens is 421 g/mol. The molecule has 1 unspecified atom stereocenters. The molecule has 26 heavy (non-hydrogen) atoms. The third-order valence-corrected chi connectivity index (χ3v) is 5.19. The van der Waals surface area contributed by atoms with Gasteiger partial charge in [0, 0.05) is 5.02 Å². The molecular formula is C20H20BrClFNO2. The summed E-state index contributed by atoms with van der Waals surface area (Å²) >= 11 is 9.60. The number of hydrogen-bond acceptors (Lipinski definition) is 2.